The van der Waals surface area contributed by atoms with E-state index in [9.17, 15) is 0 Å². The lowest BCUT2D eigenvalue weighted by molar-refractivity contribution is 0.411. The summed E-state index contributed by atoms with van der Waals surface area (Å²) in [6.45, 7) is 6.20. The molecule has 0 amide bonds. The summed E-state index contributed by atoms with van der Waals surface area (Å²) in [6, 6.07) is 14.0. The standard InChI is InChI=1S/C17H18O2/c1-12-11-15(7-10-17(12)19-4)13(2)14-5-8-16(18-3)9-6-14/h5-11H,2H2,1,3-4H3. The fourth-order valence-electron chi connectivity index (χ4n) is 2.03. The fraction of sp³-hybridized carbons (Fsp3) is 0.176. The van der Waals surface area contributed by atoms with Crippen molar-refractivity contribution in [1.29, 1.82) is 0 Å². The van der Waals surface area contributed by atoms with Gasteiger partial charge in [0, 0.05) is 0 Å². The van der Waals surface area contributed by atoms with E-state index in [0.29, 0.717) is 0 Å². The van der Waals surface area contributed by atoms with Crippen LogP contribution >= 0.6 is 0 Å². The number of rotatable bonds is 4. The smallest absolute Gasteiger partial charge is 0.121 e. The summed E-state index contributed by atoms with van der Waals surface area (Å²) in [6.07, 6.45) is 0. The second-order valence-corrected chi connectivity index (χ2v) is 4.39. The first kappa shape index (κ1) is 13.2. The van der Waals surface area contributed by atoms with Gasteiger partial charge in [0.05, 0.1) is 14.2 Å². The highest BCUT2D eigenvalue weighted by molar-refractivity contribution is 5.78. The van der Waals surface area contributed by atoms with Crippen molar-refractivity contribution in [3.63, 3.8) is 0 Å². The van der Waals surface area contributed by atoms with Gasteiger partial charge in [-0.1, -0.05) is 24.8 Å². The van der Waals surface area contributed by atoms with E-state index in [0.717, 1.165) is 33.8 Å². The van der Waals surface area contributed by atoms with E-state index in [1.165, 1.54) is 0 Å². The lowest BCUT2D eigenvalue weighted by Crippen LogP contribution is -1.91. The van der Waals surface area contributed by atoms with Crippen molar-refractivity contribution in [3.8, 4) is 11.5 Å². The van der Waals surface area contributed by atoms with Crippen molar-refractivity contribution >= 4 is 5.57 Å². The molecule has 0 saturated heterocycles. The second-order valence-electron chi connectivity index (χ2n) is 4.39. The zero-order valence-electron chi connectivity index (χ0n) is 11.6. The first-order chi connectivity index (χ1) is 9.15. The molecule has 2 nitrogen and oxygen atoms in total. The molecule has 0 saturated carbocycles. The van der Waals surface area contributed by atoms with Crippen molar-refractivity contribution in [3.05, 3.63) is 65.7 Å². The van der Waals surface area contributed by atoms with Crippen LogP contribution in [0.3, 0.4) is 0 Å². The maximum Gasteiger partial charge on any atom is 0.121 e. The van der Waals surface area contributed by atoms with Gasteiger partial charge in [0.25, 0.3) is 0 Å². The van der Waals surface area contributed by atoms with Crippen molar-refractivity contribution < 1.29 is 9.47 Å². The summed E-state index contributed by atoms with van der Waals surface area (Å²) in [4.78, 5) is 0. The monoisotopic (exact) mass is 254 g/mol. The Morgan fingerprint density at radius 2 is 1.53 bits per heavy atom. The molecule has 0 spiro atoms. The van der Waals surface area contributed by atoms with E-state index in [1.807, 2.05) is 43.3 Å². The van der Waals surface area contributed by atoms with Crippen molar-refractivity contribution in [2.75, 3.05) is 14.2 Å². The van der Waals surface area contributed by atoms with Gasteiger partial charge in [0.15, 0.2) is 0 Å². The molecular formula is C17H18O2. The van der Waals surface area contributed by atoms with Gasteiger partial charge in [-0.15, -0.1) is 0 Å². The second kappa shape index (κ2) is 5.61. The van der Waals surface area contributed by atoms with Crippen molar-refractivity contribution in [2.24, 2.45) is 0 Å². The average Bonchev–Trinajstić information content (AvgIpc) is 2.46. The van der Waals surface area contributed by atoms with Gasteiger partial charge in [-0.25, -0.2) is 0 Å². The molecule has 98 valence electrons. The van der Waals surface area contributed by atoms with Crippen LogP contribution in [0.4, 0.5) is 0 Å². The molecule has 0 N–H and O–H groups in total. The molecule has 0 radical (unpaired) electrons. The molecule has 2 aromatic rings. The molecular weight excluding hydrogens is 236 g/mol. The number of hydrogen-bond donors (Lipinski definition) is 0. The molecule has 0 heterocycles. The number of ether oxygens (including phenoxy) is 2. The Morgan fingerprint density at radius 3 is 2.05 bits per heavy atom. The van der Waals surface area contributed by atoms with E-state index >= 15 is 0 Å². The highest BCUT2D eigenvalue weighted by Crippen LogP contribution is 2.27. The van der Waals surface area contributed by atoms with Gasteiger partial charge < -0.3 is 9.47 Å². The minimum absolute atomic E-state index is 0.850. The van der Waals surface area contributed by atoms with E-state index in [2.05, 4.69) is 12.6 Å². The molecule has 0 unspecified atom stereocenters. The number of methoxy groups -OCH3 is 2. The van der Waals surface area contributed by atoms with Gasteiger partial charge >= 0.3 is 0 Å². The van der Waals surface area contributed by atoms with Crippen LogP contribution in [0.25, 0.3) is 5.57 Å². The Hall–Kier alpha value is -2.22. The van der Waals surface area contributed by atoms with Gasteiger partial charge in [-0.05, 0) is 53.5 Å². The molecule has 0 aromatic heterocycles. The van der Waals surface area contributed by atoms with E-state index in [-0.39, 0.29) is 0 Å². The van der Waals surface area contributed by atoms with Crippen LogP contribution < -0.4 is 9.47 Å². The third-order valence-electron chi connectivity index (χ3n) is 3.18. The molecule has 0 aliphatic heterocycles. The Kier molecular flexibility index (Phi) is 3.91. The summed E-state index contributed by atoms with van der Waals surface area (Å²) < 4.78 is 10.4. The Balaban J connectivity index is 2.30. The zero-order valence-corrected chi connectivity index (χ0v) is 11.6. The lowest BCUT2D eigenvalue weighted by Gasteiger charge is -2.10. The topological polar surface area (TPSA) is 18.5 Å². The van der Waals surface area contributed by atoms with Gasteiger partial charge in [-0.3, -0.25) is 0 Å². The number of hydrogen-bond acceptors (Lipinski definition) is 2. The lowest BCUT2D eigenvalue weighted by atomic mass is 9.98. The Bertz CT molecular complexity index is 583. The molecule has 0 bridgehead atoms. The number of aryl methyl sites for hydroxylation is 1. The maximum atomic E-state index is 5.27. The van der Waals surface area contributed by atoms with E-state index in [1.54, 1.807) is 14.2 Å². The highest BCUT2D eigenvalue weighted by atomic mass is 16.5. The molecule has 2 aromatic carbocycles. The van der Waals surface area contributed by atoms with Crippen LogP contribution in [0.5, 0.6) is 11.5 Å². The van der Waals surface area contributed by atoms with Crippen molar-refractivity contribution in [1.82, 2.24) is 0 Å². The molecule has 2 heteroatoms. The largest absolute Gasteiger partial charge is 0.497 e. The molecule has 19 heavy (non-hydrogen) atoms. The summed E-state index contributed by atoms with van der Waals surface area (Å²) >= 11 is 0. The van der Waals surface area contributed by atoms with Gasteiger partial charge in [0.1, 0.15) is 11.5 Å². The minimum atomic E-state index is 0.850. The molecule has 0 atom stereocenters. The van der Waals surface area contributed by atoms with E-state index in [4.69, 9.17) is 9.47 Å². The van der Waals surface area contributed by atoms with Crippen LogP contribution in [0.15, 0.2) is 49.0 Å². The minimum Gasteiger partial charge on any atom is -0.497 e. The SMILES string of the molecule is C=C(c1ccc(OC)cc1)c1ccc(OC)c(C)c1. The van der Waals surface area contributed by atoms with Crippen LogP contribution in [-0.2, 0) is 0 Å². The third kappa shape index (κ3) is 2.79. The molecule has 2 rings (SSSR count). The maximum absolute atomic E-state index is 5.27. The molecule has 0 aliphatic carbocycles. The average molecular weight is 254 g/mol. The third-order valence-corrected chi connectivity index (χ3v) is 3.18. The predicted molar refractivity (Wildman–Crippen MR) is 78.9 cm³/mol. The Labute approximate surface area is 114 Å². The first-order valence-corrected chi connectivity index (χ1v) is 6.14. The van der Waals surface area contributed by atoms with Crippen LogP contribution in [-0.4, -0.2) is 14.2 Å². The Morgan fingerprint density at radius 1 is 0.895 bits per heavy atom. The molecule has 0 fully saturated rings. The van der Waals surface area contributed by atoms with Crippen LogP contribution in [0, 0.1) is 6.92 Å². The summed E-state index contributed by atoms with van der Waals surface area (Å²) in [7, 11) is 3.34. The van der Waals surface area contributed by atoms with Crippen molar-refractivity contribution in [2.45, 2.75) is 6.92 Å². The summed E-state index contributed by atoms with van der Waals surface area (Å²) in [5.41, 5.74) is 4.29. The van der Waals surface area contributed by atoms with Gasteiger partial charge in [-0.2, -0.15) is 0 Å². The number of benzene rings is 2. The quantitative estimate of drug-likeness (QED) is 0.818. The van der Waals surface area contributed by atoms with Crippen LogP contribution in [0.1, 0.15) is 16.7 Å². The normalized spacial score (nSPS) is 10.1. The van der Waals surface area contributed by atoms with E-state index < -0.39 is 0 Å². The highest BCUT2D eigenvalue weighted by Gasteiger charge is 2.05. The summed E-state index contributed by atoms with van der Waals surface area (Å²) in [5.74, 6) is 1.74. The van der Waals surface area contributed by atoms with Gasteiger partial charge in [0.2, 0.25) is 0 Å². The fourth-order valence-corrected chi connectivity index (χ4v) is 2.03. The zero-order chi connectivity index (χ0) is 13.8. The summed E-state index contributed by atoms with van der Waals surface area (Å²) in [5, 5.41) is 0. The van der Waals surface area contributed by atoms with Crippen LogP contribution in [0.2, 0.25) is 0 Å². The molecule has 0 aliphatic rings. The first-order valence-electron chi connectivity index (χ1n) is 6.14. The predicted octanol–water partition coefficient (Wildman–Crippen LogP) is 4.07.